The summed E-state index contributed by atoms with van der Waals surface area (Å²) in [5.41, 5.74) is 0.310. The van der Waals surface area contributed by atoms with Gasteiger partial charge in [-0.2, -0.15) is 0 Å². The molecule has 1 N–H and O–H groups in total. The first kappa shape index (κ1) is 11.9. The molecule has 3 fully saturated rings. The summed E-state index contributed by atoms with van der Waals surface area (Å²) in [5, 5.41) is 3.50. The molecule has 1 spiro atoms. The van der Waals surface area contributed by atoms with E-state index in [-0.39, 0.29) is 0 Å². The molecule has 0 amide bonds. The van der Waals surface area contributed by atoms with E-state index in [2.05, 4.69) is 17.1 Å². The summed E-state index contributed by atoms with van der Waals surface area (Å²) in [7, 11) is 0. The van der Waals surface area contributed by atoms with Crippen LogP contribution in [0.4, 0.5) is 0 Å². The van der Waals surface area contributed by atoms with Crippen molar-refractivity contribution in [1.82, 2.24) is 10.2 Å². The fourth-order valence-electron chi connectivity index (χ4n) is 3.88. The molecule has 3 nitrogen and oxygen atoms in total. The van der Waals surface area contributed by atoms with Crippen molar-refractivity contribution in [3.8, 4) is 0 Å². The van der Waals surface area contributed by atoms with Crippen LogP contribution in [0.15, 0.2) is 0 Å². The van der Waals surface area contributed by atoms with Crippen LogP contribution in [-0.2, 0) is 4.74 Å². The quantitative estimate of drug-likeness (QED) is 0.793. The second-order valence-corrected chi connectivity index (χ2v) is 6.28. The zero-order valence-corrected chi connectivity index (χ0v) is 11.1. The maximum Gasteiger partial charge on any atom is 0.0710 e. The normalized spacial score (nSPS) is 37.9. The van der Waals surface area contributed by atoms with Crippen molar-refractivity contribution in [2.45, 2.75) is 63.2 Å². The third kappa shape index (κ3) is 2.67. The molecule has 0 radical (unpaired) electrons. The smallest absolute Gasteiger partial charge is 0.0710 e. The standard InChI is InChI=1S/C14H26N2O/c1-12-10-16(9-8-15-12)11-13-4-7-14(17-13)5-2-3-6-14/h12-13,15H,2-11H2,1H3. The van der Waals surface area contributed by atoms with E-state index in [0.29, 0.717) is 17.7 Å². The van der Waals surface area contributed by atoms with Crippen LogP contribution in [0.2, 0.25) is 0 Å². The molecular weight excluding hydrogens is 212 g/mol. The van der Waals surface area contributed by atoms with Crippen molar-refractivity contribution in [3.63, 3.8) is 0 Å². The van der Waals surface area contributed by atoms with E-state index in [1.807, 2.05) is 0 Å². The van der Waals surface area contributed by atoms with Crippen LogP contribution in [-0.4, -0.2) is 48.8 Å². The van der Waals surface area contributed by atoms with Crippen LogP contribution in [0.25, 0.3) is 0 Å². The molecule has 2 saturated heterocycles. The lowest BCUT2D eigenvalue weighted by atomic mass is 9.98. The Bertz CT molecular complexity index is 263. The topological polar surface area (TPSA) is 24.5 Å². The van der Waals surface area contributed by atoms with Crippen molar-refractivity contribution in [1.29, 1.82) is 0 Å². The summed E-state index contributed by atoms with van der Waals surface area (Å²) in [6.07, 6.45) is 8.54. The van der Waals surface area contributed by atoms with E-state index in [4.69, 9.17) is 4.74 Å². The first-order valence-electron chi connectivity index (χ1n) is 7.39. The van der Waals surface area contributed by atoms with Gasteiger partial charge in [-0.05, 0) is 32.6 Å². The highest BCUT2D eigenvalue weighted by atomic mass is 16.5. The fraction of sp³-hybridized carbons (Fsp3) is 1.00. The maximum absolute atomic E-state index is 6.39. The van der Waals surface area contributed by atoms with Crippen molar-refractivity contribution in [2.75, 3.05) is 26.2 Å². The molecule has 2 unspecified atom stereocenters. The minimum atomic E-state index is 0.310. The van der Waals surface area contributed by atoms with Gasteiger partial charge in [0, 0.05) is 32.2 Å². The number of nitrogens with zero attached hydrogens (tertiary/aromatic N) is 1. The van der Waals surface area contributed by atoms with Gasteiger partial charge in [-0.25, -0.2) is 0 Å². The number of rotatable bonds is 2. The summed E-state index contributed by atoms with van der Waals surface area (Å²) < 4.78 is 6.39. The first-order chi connectivity index (χ1) is 8.26. The molecule has 17 heavy (non-hydrogen) atoms. The SMILES string of the molecule is CC1CN(CC2CCC3(CCCC3)O2)CCN1. The molecule has 3 heteroatoms. The number of hydrogen-bond acceptors (Lipinski definition) is 3. The lowest BCUT2D eigenvalue weighted by molar-refractivity contribution is -0.0491. The summed E-state index contributed by atoms with van der Waals surface area (Å²) >= 11 is 0. The Morgan fingerprint density at radius 3 is 2.88 bits per heavy atom. The van der Waals surface area contributed by atoms with Gasteiger partial charge < -0.3 is 10.1 Å². The predicted molar refractivity (Wildman–Crippen MR) is 69.2 cm³/mol. The summed E-state index contributed by atoms with van der Waals surface area (Å²) in [6.45, 7) is 6.96. The van der Waals surface area contributed by atoms with E-state index in [9.17, 15) is 0 Å². The first-order valence-corrected chi connectivity index (χ1v) is 7.39. The summed E-state index contributed by atoms with van der Waals surface area (Å²) in [6, 6.07) is 0.644. The van der Waals surface area contributed by atoms with E-state index in [1.165, 1.54) is 51.6 Å². The average molecular weight is 238 g/mol. The molecule has 0 aromatic heterocycles. The molecule has 98 valence electrons. The zero-order valence-electron chi connectivity index (χ0n) is 11.1. The molecule has 0 aromatic carbocycles. The largest absolute Gasteiger partial charge is 0.370 e. The number of ether oxygens (including phenoxy) is 1. The van der Waals surface area contributed by atoms with Gasteiger partial charge in [-0.3, -0.25) is 4.90 Å². The number of piperazine rings is 1. The Kier molecular flexibility index (Phi) is 3.42. The molecule has 2 aliphatic heterocycles. The van der Waals surface area contributed by atoms with Crippen LogP contribution in [0.5, 0.6) is 0 Å². The van der Waals surface area contributed by atoms with Crippen LogP contribution >= 0.6 is 0 Å². The van der Waals surface area contributed by atoms with Gasteiger partial charge in [0.2, 0.25) is 0 Å². The highest BCUT2D eigenvalue weighted by molar-refractivity contribution is 4.93. The molecular formula is C14H26N2O. The van der Waals surface area contributed by atoms with Crippen LogP contribution in [0.1, 0.15) is 45.4 Å². The lowest BCUT2D eigenvalue weighted by Crippen LogP contribution is -2.51. The Morgan fingerprint density at radius 2 is 2.12 bits per heavy atom. The molecule has 1 saturated carbocycles. The van der Waals surface area contributed by atoms with Crippen molar-refractivity contribution in [2.24, 2.45) is 0 Å². The van der Waals surface area contributed by atoms with Gasteiger partial charge in [0.1, 0.15) is 0 Å². The molecule has 3 rings (SSSR count). The third-order valence-electron chi connectivity index (χ3n) is 4.77. The number of hydrogen-bond donors (Lipinski definition) is 1. The highest BCUT2D eigenvalue weighted by Gasteiger charge is 2.42. The monoisotopic (exact) mass is 238 g/mol. The minimum absolute atomic E-state index is 0.310. The number of nitrogens with one attached hydrogen (secondary N) is 1. The Morgan fingerprint density at radius 1 is 1.29 bits per heavy atom. The van der Waals surface area contributed by atoms with Gasteiger partial charge in [-0.15, -0.1) is 0 Å². The van der Waals surface area contributed by atoms with Crippen LogP contribution in [0, 0.1) is 0 Å². The average Bonchev–Trinajstić information content (AvgIpc) is 2.90. The van der Waals surface area contributed by atoms with Gasteiger partial charge in [-0.1, -0.05) is 12.8 Å². The molecule has 0 aromatic rings. The Balaban J connectivity index is 1.50. The lowest BCUT2D eigenvalue weighted by Gasteiger charge is -2.34. The fourth-order valence-corrected chi connectivity index (χ4v) is 3.88. The van der Waals surface area contributed by atoms with E-state index in [1.54, 1.807) is 0 Å². The molecule has 1 aliphatic carbocycles. The minimum Gasteiger partial charge on any atom is -0.370 e. The molecule has 3 aliphatic rings. The van der Waals surface area contributed by atoms with E-state index < -0.39 is 0 Å². The highest BCUT2D eigenvalue weighted by Crippen LogP contribution is 2.43. The Labute approximate surface area is 105 Å². The molecule has 2 heterocycles. The van der Waals surface area contributed by atoms with Gasteiger partial charge in [0.25, 0.3) is 0 Å². The molecule has 0 bridgehead atoms. The Hall–Kier alpha value is -0.120. The third-order valence-corrected chi connectivity index (χ3v) is 4.77. The predicted octanol–water partition coefficient (Wildman–Crippen LogP) is 1.77. The van der Waals surface area contributed by atoms with Gasteiger partial charge in [0.15, 0.2) is 0 Å². The van der Waals surface area contributed by atoms with Gasteiger partial charge >= 0.3 is 0 Å². The zero-order chi connectivity index (χ0) is 11.7. The van der Waals surface area contributed by atoms with Crippen molar-refractivity contribution >= 4 is 0 Å². The van der Waals surface area contributed by atoms with Gasteiger partial charge in [0.05, 0.1) is 11.7 Å². The van der Waals surface area contributed by atoms with Crippen molar-refractivity contribution in [3.05, 3.63) is 0 Å². The van der Waals surface area contributed by atoms with Crippen molar-refractivity contribution < 1.29 is 4.74 Å². The van der Waals surface area contributed by atoms with E-state index >= 15 is 0 Å². The second-order valence-electron chi connectivity index (χ2n) is 6.28. The van der Waals surface area contributed by atoms with E-state index in [0.717, 1.165) is 13.1 Å². The van der Waals surface area contributed by atoms with Crippen LogP contribution < -0.4 is 5.32 Å². The molecule has 2 atom stereocenters. The summed E-state index contributed by atoms with van der Waals surface area (Å²) in [4.78, 5) is 2.58. The summed E-state index contributed by atoms with van der Waals surface area (Å²) in [5.74, 6) is 0. The second kappa shape index (κ2) is 4.87. The maximum atomic E-state index is 6.39. The van der Waals surface area contributed by atoms with Crippen LogP contribution in [0.3, 0.4) is 0 Å².